The van der Waals surface area contributed by atoms with E-state index in [4.69, 9.17) is 19.2 Å². The van der Waals surface area contributed by atoms with Crippen LogP contribution in [0.15, 0.2) is 24.3 Å². The predicted molar refractivity (Wildman–Crippen MR) is 107 cm³/mol. The van der Waals surface area contributed by atoms with Gasteiger partial charge in [-0.3, -0.25) is 9.88 Å². The zero-order valence-electron chi connectivity index (χ0n) is 17.0. The average molecular weight is 383 g/mol. The Bertz CT molecular complexity index is 806. The van der Waals surface area contributed by atoms with Crippen molar-refractivity contribution < 1.29 is 14.2 Å². The molecule has 0 saturated carbocycles. The number of aromatic nitrogens is 2. The van der Waals surface area contributed by atoms with Gasteiger partial charge in [0.15, 0.2) is 5.75 Å². The van der Waals surface area contributed by atoms with Crippen LogP contribution in [0.25, 0.3) is 0 Å². The summed E-state index contributed by atoms with van der Waals surface area (Å²) < 4.78 is 17.3. The number of rotatable bonds is 5. The van der Waals surface area contributed by atoms with Crippen LogP contribution >= 0.6 is 0 Å². The van der Waals surface area contributed by atoms with Crippen LogP contribution in [0.3, 0.4) is 0 Å². The molecule has 0 N–H and O–H groups in total. The SMILES string of the molecule is Cc1cc(OC[C@@H]2CCCN([C@@H](C)c3ccc4c(n3)OCCO4)C2)cc(C)n1. The maximum atomic E-state index is 6.10. The molecule has 2 aliphatic heterocycles. The minimum absolute atomic E-state index is 0.240. The van der Waals surface area contributed by atoms with Gasteiger partial charge in [0.25, 0.3) is 5.88 Å². The topological polar surface area (TPSA) is 56.7 Å². The highest BCUT2D eigenvalue weighted by molar-refractivity contribution is 5.36. The van der Waals surface area contributed by atoms with Gasteiger partial charge in [-0.05, 0) is 52.3 Å². The number of fused-ring (bicyclic) bond motifs is 1. The molecule has 0 radical (unpaired) electrons. The van der Waals surface area contributed by atoms with Gasteiger partial charge in [0, 0.05) is 42.0 Å². The smallest absolute Gasteiger partial charge is 0.257 e. The first-order chi connectivity index (χ1) is 13.6. The van der Waals surface area contributed by atoms with Crippen LogP contribution in [0.5, 0.6) is 17.4 Å². The molecule has 2 aromatic rings. The third-order valence-corrected chi connectivity index (χ3v) is 5.49. The van der Waals surface area contributed by atoms with Gasteiger partial charge in [0.1, 0.15) is 19.0 Å². The van der Waals surface area contributed by atoms with Crippen molar-refractivity contribution in [2.24, 2.45) is 5.92 Å². The molecule has 0 aromatic carbocycles. The van der Waals surface area contributed by atoms with Crippen molar-refractivity contribution in [2.75, 3.05) is 32.9 Å². The van der Waals surface area contributed by atoms with Crippen LogP contribution in [0, 0.1) is 19.8 Å². The van der Waals surface area contributed by atoms with Gasteiger partial charge in [0.2, 0.25) is 0 Å². The highest BCUT2D eigenvalue weighted by Gasteiger charge is 2.26. The molecule has 0 amide bonds. The van der Waals surface area contributed by atoms with Crippen molar-refractivity contribution >= 4 is 0 Å². The van der Waals surface area contributed by atoms with Gasteiger partial charge < -0.3 is 14.2 Å². The standard InChI is InChI=1S/C22H29N3O3/c1-15-11-19(12-16(2)23-15)28-14-18-5-4-8-25(13-18)17(3)20-6-7-21-22(24-20)27-10-9-26-21/h6-7,11-12,17-18H,4-5,8-10,13-14H2,1-3H3/t17-,18+/m0/s1. The van der Waals surface area contributed by atoms with Gasteiger partial charge in [-0.1, -0.05) is 0 Å². The number of piperidine rings is 1. The lowest BCUT2D eigenvalue weighted by atomic mass is 9.97. The van der Waals surface area contributed by atoms with E-state index in [1.807, 2.05) is 32.0 Å². The Kier molecular flexibility index (Phi) is 5.67. The summed E-state index contributed by atoms with van der Waals surface area (Å²) >= 11 is 0. The molecule has 0 unspecified atom stereocenters. The van der Waals surface area contributed by atoms with Crippen LogP contribution < -0.4 is 14.2 Å². The summed E-state index contributed by atoms with van der Waals surface area (Å²) in [6.07, 6.45) is 2.37. The molecule has 2 aliphatic rings. The fourth-order valence-electron chi connectivity index (χ4n) is 4.04. The summed E-state index contributed by atoms with van der Waals surface area (Å²) in [6.45, 7) is 10.2. The van der Waals surface area contributed by atoms with E-state index < -0.39 is 0 Å². The summed E-state index contributed by atoms with van der Waals surface area (Å²) in [5.74, 6) is 2.80. The lowest BCUT2D eigenvalue weighted by Gasteiger charge is -2.36. The van der Waals surface area contributed by atoms with Crippen LogP contribution in [0.1, 0.15) is 42.9 Å². The fraction of sp³-hybridized carbons (Fsp3) is 0.545. The summed E-state index contributed by atoms with van der Waals surface area (Å²) in [5.41, 5.74) is 3.03. The summed E-state index contributed by atoms with van der Waals surface area (Å²) in [7, 11) is 0. The van der Waals surface area contributed by atoms with Crippen molar-refractivity contribution in [1.29, 1.82) is 0 Å². The van der Waals surface area contributed by atoms with Crippen molar-refractivity contribution in [2.45, 2.75) is 39.7 Å². The second kappa shape index (κ2) is 8.35. The first kappa shape index (κ1) is 19.0. The molecule has 2 aromatic heterocycles. The summed E-state index contributed by atoms with van der Waals surface area (Å²) in [5, 5.41) is 0. The van der Waals surface area contributed by atoms with Crippen molar-refractivity contribution in [3.05, 3.63) is 41.3 Å². The van der Waals surface area contributed by atoms with Crippen molar-refractivity contribution in [1.82, 2.24) is 14.9 Å². The lowest BCUT2D eigenvalue weighted by Crippen LogP contribution is -2.39. The monoisotopic (exact) mass is 383 g/mol. The normalized spacial score (nSPS) is 20.6. The number of ether oxygens (including phenoxy) is 3. The molecule has 1 saturated heterocycles. The zero-order valence-corrected chi connectivity index (χ0v) is 17.0. The van der Waals surface area contributed by atoms with E-state index in [-0.39, 0.29) is 6.04 Å². The van der Waals surface area contributed by atoms with E-state index >= 15 is 0 Å². The second-order valence-corrected chi connectivity index (χ2v) is 7.81. The van der Waals surface area contributed by atoms with Crippen LogP contribution in [-0.2, 0) is 0 Å². The van der Waals surface area contributed by atoms with E-state index in [0.717, 1.165) is 48.3 Å². The molecule has 4 heterocycles. The molecule has 1 fully saturated rings. The second-order valence-electron chi connectivity index (χ2n) is 7.81. The molecule has 6 nitrogen and oxygen atoms in total. The molecular formula is C22H29N3O3. The quantitative estimate of drug-likeness (QED) is 0.784. The minimum atomic E-state index is 0.240. The van der Waals surface area contributed by atoms with Gasteiger partial charge in [0.05, 0.1) is 12.3 Å². The zero-order chi connectivity index (χ0) is 19.5. The van der Waals surface area contributed by atoms with Gasteiger partial charge >= 0.3 is 0 Å². The van der Waals surface area contributed by atoms with E-state index in [1.165, 1.54) is 12.8 Å². The minimum Gasteiger partial charge on any atom is -0.493 e. The molecule has 4 rings (SSSR count). The number of hydrogen-bond acceptors (Lipinski definition) is 6. The Morgan fingerprint density at radius 3 is 2.75 bits per heavy atom. The molecule has 0 spiro atoms. The maximum absolute atomic E-state index is 6.10. The Hall–Kier alpha value is -2.34. The van der Waals surface area contributed by atoms with Crippen LogP contribution in [-0.4, -0.2) is 47.8 Å². The Balaban J connectivity index is 1.37. The molecule has 0 aliphatic carbocycles. The predicted octanol–water partition coefficient (Wildman–Crippen LogP) is 3.72. The van der Waals surface area contributed by atoms with E-state index in [9.17, 15) is 0 Å². The van der Waals surface area contributed by atoms with E-state index in [2.05, 4.69) is 22.9 Å². The Morgan fingerprint density at radius 2 is 1.93 bits per heavy atom. The third kappa shape index (κ3) is 4.38. The lowest BCUT2D eigenvalue weighted by molar-refractivity contribution is 0.0981. The summed E-state index contributed by atoms with van der Waals surface area (Å²) in [4.78, 5) is 11.6. The van der Waals surface area contributed by atoms with Gasteiger partial charge in [-0.15, -0.1) is 0 Å². The van der Waals surface area contributed by atoms with Crippen molar-refractivity contribution in [3.8, 4) is 17.4 Å². The van der Waals surface area contributed by atoms with Crippen molar-refractivity contribution in [3.63, 3.8) is 0 Å². The first-order valence-corrected chi connectivity index (χ1v) is 10.2. The van der Waals surface area contributed by atoms with E-state index in [1.54, 1.807) is 0 Å². The number of likely N-dealkylation sites (tertiary alicyclic amines) is 1. The highest BCUT2D eigenvalue weighted by Crippen LogP contribution is 2.32. The van der Waals surface area contributed by atoms with E-state index in [0.29, 0.717) is 25.0 Å². The highest BCUT2D eigenvalue weighted by atomic mass is 16.6. The Morgan fingerprint density at radius 1 is 1.14 bits per heavy atom. The molecular weight excluding hydrogens is 354 g/mol. The maximum Gasteiger partial charge on any atom is 0.257 e. The summed E-state index contributed by atoms with van der Waals surface area (Å²) in [6, 6.07) is 8.29. The molecule has 150 valence electrons. The van der Waals surface area contributed by atoms with Gasteiger partial charge in [-0.25, -0.2) is 4.98 Å². The number of nitrogens with zero attached hydrogens (tertiary/aromatic N) is 3. The average Bonchev–Trinajstić information content (AvgIpc) is 2.71. The fourth-order valence-corrected chi connectivity index (χ4v) is 4.04. The number of hydrogen-bond donors (Lipinski definition) is 0. The Labute approximate surface area is 166 Å². The molecule has 28 heavy (non-hydrogen) atoms. The third-order valence-electron chi connectivity index (χ3n) is 5.49. The number of pyridine rings is 2. The number of aryl methyl sites for hydroxylation is 2. The van der Waals surface area contributed by atoms with Crippen LogP contribution in [0.2, 0.25) is 0 Å². The first-order valence-electron chi connectivity index (χ1n) is 10.2. The molecule has 2 atom stereocenters. The van der Waals surface area contributed by atoms with Crippen LogP contribution in [0.4, 0.5) is 0 Å². The van der Waals surface area contributed by atoms with Gasteiger partial charge in [-0.2, -0.15) is 0 Å². The molecule has 0 bridgehead atoms. The largest absolute Gasteiger partial charge is 0.493 e. The molecule has 6 heteroatoms.